The molecule has 5 heteroatoms. The maximum absolute atomic E-state index is 11.5. The molecule has 0 radical (unpaired) electrons. The zero-order valence-corrected chi connectivity index (χ0v) is 9.69. The van der Waals surface area contributed by atoms with Crippen molar-refractivity contribution in [3.63, 3.8) is 0 Å². The molecular formula is C10H20N2O3. The molecule has 0 rings (SSSR count). The molecule has 0 saturated carbocycles. The molecule has 0 heterocycles. The number of hydrogen-bond donors (Lipinski definition) is 1. The quantitative estimate of drug-likeness (QED) is 0.663. The lowest BCUT2D eigenvalue weighted by molar-refractivity contribution is -0.137. The number of carbonyl (C=O) groups excluding carboxylic acids is 1. The lowest BCUT2D eigenvalue weighted by atomic mass is 10.2. The number of hydrogen-bond acceptors (Lipinski definition) is 3. The summed E-state index contributed by atoms with van der Waals surface area (Å²) in [5.41, 5.74) is 0. The number of likely N-dealkylation sites (N-methyl/N-ethyl adjacent to an activating group) is 2. The lowest BCUT2D eigenvalue weighted by Gasteiger charge is -2.19. The van der Waals surface area contributed by atoms with Gasteiger partial charge in [-0.15, -0.1) is 0 Å². The summed E-state index contributed by atoms with van der Waals surface area (Å²) in [6, 6.07) is 0. The van der Waals surface area contributed by atoms with Gasteiger partial charge >= 0.3 is 5.97 Å². The fraction of sp³-hybridized carbons (Fsp3) is 0.800. The van der Waals surface area contributed by atoms with E-state index in [1.807, 2.05) is 19.0 Å². The SMILES string of the molecule is CN(C)CCN(C)C(=O)CCCC(=O)O. The third kappa shape index (κ3) is 7.93. The Kier molecular flexibility index (Phi) is 6.70. The smallest absolute Gasteiger partial charge is 0.303 e. The Morgan fingerprint density at radius 1 is 1.07 bits per heavy atom. The van der Waals surface area contributed by atoms with Gasteiger partial charge in [0.2, 0.25) is 5.91 Å². The van der Waals surface area contributed by atoms with E-state index in [2.05, 4.69) is 0 Å². The standard InChI is InChI=1S/C10H20N2O3/c1-11(2)7-8-12(3)9(13)5-4-6-10(14)15/h4-8H2,1-3H3,(H,14,15). The van der Waals surface area contributed by atoms with Crippen molar-refractivity contribution in [3.8, 4) is 0 Å². The number of amides is 1. The monoisotopic (exact) mass is 216 g/mol. The molecule has 0 saturated heterocycles. The van der Waals surface area contributed by atoms with Gasteiger partial charge in [-0.25, -0.2) is 0 Å². The highest BCUT2D eigenvalue weighted by atomic mass is 16.4. The molecule has 0 atom stereocenters. The van der Waals surface area contributed by atoms with Crippen molar-refractivity contribution in [2.75, 3.05) is 34.2 Å². The van der Waals surface area contributed by atoms with Gasteiger partial charge in [-0.1, -0.05) is 0 Å². The second-order valence-electron chi connectivity index (χ2n) is 3.87. The third-order valence-corrected chi connectivity index (χ3v) is 2.09. The molecule has 88 valence electrons. The first-order chi connectivity index (χ1) is 6.93. The van der Waals surface area contributed by atoms with Crippen LogP contribution < -0.4 is 0 Å². The molecule has 0 unspecified atom stereocenters. The van der Waals surface area contributed by atoms with E-state index in [0.717, 1.165) is 6.54 Å². The van der Waals surface area contributed by atoms with E-state index in [0.29, 0.717) is 19.4 Å². The van der Waals surface area contributed by atoms with Crippen LogP contribution in [-0.4, -0.2) is 61.0 Å². The first-order valence-electron chi connectivity index (χ1n) is 5.04. The van der Waals surface area contributed by atoms with E-state index in [1.54, 1.807) is 11.9 Å². The van der Waals surface area contributed by atoms with Gasteiger partial charge in [0.05, 0.1) is 0 Å². The second-order valence-corrected chi connectivity index (χ2v) is 3.87. The van der Waals surface area contributed by atoms with Crippen molar-refractivity contribution in [3.05, 3.63) is 0 Å². The normalized spacial score (nSPS) is 10.4. The lowest BCUT2D eigenvalue weighted by Crippen LogP contribution is -2.33. The average molecular weight is 216 g/mol. The zero-order chi connectivity index (χ0) is 11.8. The van der Waals surface area contributed by atoms with Gasteiger partial charge in [-0.3, -0.25) is 9.59 Å². The first-order valence-corrected chi connectivity index (χ1v) is 5.04. The maximum atomic E-state index is 11.5. The topological polar surface area (TPSA) is 60.9 Å². The molecule has 0 aliphatic carbocycles. The van der Waals surface area contributed by atoms with Gasteiger partial charge in [0.15, 0.2) is 0 Å². The van der Waals surface area contributed by atoms with Gasteiger partial charge in [0, 0.05) is 33.0 Å². The van der Waals surface area contributed by atoms with Crippen molar-refractivity contribution in [2.45, 2.75) is 19.3 Å². The van der Waals surface area contributed by atoms with Crippen LogP contribution in [0.4, 0.5) is 0 Å². The Labute approximate surface area is 90.7 Å². The fourth-order valence-electron chi connectivity index (χ4n) is 1.06. The zero-order valence-electron chi connectivity index (χ0n) is 9.69. The highest BCUT2D eigenvalue weighted by Gasteiger charge is 2.09. The predicted octanol–water partition coefficient (Wildman–Crippen LogP) is 0.261. The Morgan fingerprint density at radius 3 is 2.13 bits per heavy atom. The van der Waals surface area contributed by atoms with Crippen molar-refractivity contribution >= 4 is 11.9 Å². The van der Waals surface area contributed by atoms with Crippen LogP contribution >= 0.6 is 0 Å². The number of rotatable bonds is 7. The van der Waals surface area contributed by atoms with E-state index in [4.69, 9.17) is 5.11 Å². The minimum Gasteiger partial charge on any atom is -0.481 e. The van der Waals surface area contributed by atoms with Crippen LogP contribution in [-0.2, 0) is 9.59 Å². The molecule has 0 bridgehead atoms. The van der Waals surface area contributed by atoms with Crippen molar-refractivity contribution in [1.29, 1.82) is 0 Å². The molecule has 15 heavy (non-hydrogen) atoms. The molecule has 0 aliphatic rings. The summed E-state index contributed by atoms with van der Waals surface area (Å²) in [4.78, 5) is 25.3. The average Bonchev–Trinajstić information content (AvgIpc) is 2.13. The molecule has 5 nitrogen and oxygen atoms in total. The Balaban J connectivity index is 3.64. The van der Waals surface area contributed by atoms with Gasteiger partial charge < -0.3 is 14.9 Å². The molecule has 0 aromatic carbocycles. The molecule has 0 aliphatic heterocycles. The van der Waals surface area contributed by atoms with E-state index in [-0.39, 0.29) is 12.3 Å². The van der Waals surface area contributed by atoms with E-state index >= 15 is 0 Å². The van der Waals surface area contributed by atoms with Crippen LogP contribution in [0.3, 0.4) is 0 Å². The van der Waals surface area contributed by atoms with Crippen molar-refractivity contribution in [2.24, 2.45) is 0 Å². The first kappa shape index (κ1) is 13.9. The van der Waals surface area contributed by atoms with E-state index < -0.39 is 5.97 Å². The summed E-state index contributed by atoms with van der Waals surface area (Å²) in [5.74, 6) is -0.836. The predicted molar refractivity (Wildman–Crippen MR) is 57.7 cm³/mol. The van der Waals surface area contributed by atoms with Gasteiger partial charge in [-0.2, -0.15) is 0 Å². The van der Waals surface area contributed by atoms with E-state index in [9.17, 15) is 9.59 Å². The Bertz CT molecular complexity index is 217. The van der Waals surface area contributed by atoms with Crippen LogP contribution in [0, 0.1) is 0 Å². The van der Waals surface area contributed by atoms with Crippen LogP contribution in [0.2, 0.25) is 0 Å². The third-order valence-electron chi connectivity index (χ3n) is 2.09. The summed E-state index contributed by atoms with van der Waals surface area (Å²) in [5, 5.41) is 8.41. The maximum Gasteiger partial charge on any atom is 0.303 e. The fourth-order valence-corrected chi connectivity index (χ4v) is 1.06. The summed E-state index contributed by atoms with van der Waals surface area (Å²) >= 11 is 0. The van der Waals surface area contributed by atoms with E-state index in [1.165, 1.54) is 0 Å². The Morgan fingerprint density at radius 2 is 1.67 bits per heavy atom. The molecule has 0 fully saturated rings. The summed E-state index contributed by atoms with van der Waals surface area (Å²) in [7, 11) is 5.64. The van der Waals surface area contributed by atoms with Gasteiger partial charge in [0.1, 0.15) is 0 Å². The molecule has 1 amide bonds. The van der Waals surface area contributed by atoms with Crippen molar-refractivity contribution in [1.82, 2.24) is 9.80 Å². The largest absolute Gasteiger partial charge is 0.481 e. The van der Waals surface area contributed by atoms with Crippen LogP contribution in [0.5, 0.6) is 0 Å². The van der Waals surface area contributed by atoms with Gasteiger partial charge in [-0.05, 0) is 20.5 Å². The summed E-state index contributed by atoms with van der Waals surface area (Å²) < 4.78 is 0. The number of carboxylic acid groups (broad SMARTS) is 1. The number of nitrogens with zero attached hydrogens (tertiary/aromatic N) is 2. The Hall–Kier alpha value is -1.10. The molecular weight excluding hydrogens is 196 g/mol. The van der Waals surface area contributed by atoms with Gasteiger partial charge in [0.25, 0.3) is 0 Å². The van der Waals surface area contributed by atoms with Crippen molar-refractivity contribution < 1.29 is 14.7 Å². The highest BCUT2D eigenvalue weighted by molar-refractivity contribution is 5.76. The number of carbonyl (C=O) groups is 2. The molecule has 1 N–H and O–H groups in total. The highest BCUT2D eigenvalue weighted by Crippen LogP contribution is 1.99. The molecule has 0 aromatic rings. The summed E-state index contributed by atoms with van der Waals surface area (Å²) in [6.07, 6.45) is 0.796. The second kappa shape index (κ2) is 7.23. The number of carboxylic acids is 1. The molecule has 0 aromatic heterocycles. The minimum absolute atomic E-state index is 0.0121. The van der Waals surface area contributed by atoms with Crippen LogP contribution in [0.15, 0.2) is 0 Å². The van der Waals surface area contributed by atoms with Crippen LogP contribution in [0.25, 0.3) is 0 Å². The molecule has 0 spiro atoms. The summed E-state index contributed by atoms with van der Waals surface area (Å²) in [6.45, 7) is 1.50. The van der Waals surface area contributed by atoms with Crippen LogP contribution in [0.1, 0.15) is 19.3 Å². The minimum atomic E-state index is -0.848. The number of aliphatic carboxylic acids is 1.